The molecule has 58 heavy (non-hydrogen) atoms. The van der Waals surface area contributed by atoms with E-state index in [-0.39, 0.29) is 23.0 Å². The smallest absolute Gasteiger partial charge is 0.252 e. The summed E-state index contributed by atoms with van der Waals surface area (Å²) in [6, 6.07) is 52.6. The molecule has 1 aliphatic carbocycles. The van der Waals surface area contributed by atoms with Crippen LogP contribution in [0.3, 0.4) is 0 Å². The van der Waals surface area contributed by atoms with E-state index in [2.05, 4.69) is 206 Å². The number of hydrogen-bond acceptors (Lipinski definition) is 2. The van der Waals surface area contributed by atoms with Crippen molar-refractivity contribution in [3.8, 4) is 11.1 Å². The van der Waals surface area contributed by atoms with Crippen molar-refractivity contribution in [2.24, 2.45) is 0 Å². The molecule has 0 N–H and O–H groups in total. The Labute approximate surface area is 344 Å². The largest absolute Gasteiger partial charge is 0.311 e. The van der Waals surface area contributed by atoms with Crippen molar-refractivity contribution in [2.45, 2.75) is 84.0 Å². The lowest BCUT2D eigenvalue weighted by molar-refractivity contribution is 0.589. The molecule has 0 aromatic heterocycles. The van der Waals surface area contributed by atoms with E-state index in [1.807, 2.05) is 0 Å². The van der Waals surface area contributed by atoms with Crippen LogP contribution in [0.15, 0.2) is 133 Å². The summed E-state index contributed by atoms with van der Waals surface area (Å²) in [5.41, 5.74) is 26.5. The molecule has 2 nitrogen and oxygen atoms in total. The summed E-state index contributed by atoms with van der Waals surface area (Å²) in [6.07, 6.45) is 0. The molecule has 282 valence electrons. The zero-order valence-corrected chi connectivity index (χ0v) is 35.2. The summed E-state index contributed by atoms with van der Waals surface area (Å²) in [5, 5.41) is 0. The summed E-state index contributed by atoms with van der Waals surface area (Å²) in [4.78, 5) is 5.27. The van der Waals surface area contributed by atoms with Gasteiger partial charge in [-0.25, -0.2) is 0 Å². The van der Waals surface area contributed by atoms with Gasteiger partial charge in [0.05, 0.1) is 16.8 Å². The molecule has 0 fully saturated rings. The monoisotopic (exact) mass is 748 g/mol. The SMILES string of the molecule is Cc1cc2c3c(c1)N1c4ccccc4C4(c5ccc(C(C)(C)C)cc5-c5cc(C(C)(C)C)ccc54)c4cccc(c41)B3c1cccc3c1N2c1ccccc1C3(C)C. The van der Waals surface area contributed by atoms with Crippen molar-refractivity contribution in [1.82, 2.24) is 0 Å². The van der Waals surface area contributed by atoms with Crippen LogP contribution in [0.25, 0.3) is 11.1 Å². The van der Waals surface area contributed by atoms with Crippen LogP contribution in [-0.4, -0.2) is 6.71 Å². The molecule has 0 radical (unpaired) electrons. The number of anilines is 6. The molecule has 7 aromatic rings. The van der Waals surface area contributed by atoms with Crippen molar-refractivity contribution >= 4 is 57.2 Å². The van der Waals surface area contributed by atoms with Gasteiger partial charge in [-0.15, -0.1) is 0 Å². The number of para-hydroxylation sites is 4. The van der Waals surface area contributed by atoms with E-state index < -0.39 is 5.41 Å². The van der Waals surface area contributed by atoms with E-state index in [0.717, 1.165) is 0 Å². The van der Waals surface area contributed by atoms with E-state index >= 15 is 0 Å². The minimum atomic E-state index is -0.488. The van der Waals surface area contributed by atoms with Crippen LogP contribution in [0, 0.1) is 6.92 Å². The molecule has 0 bridgehead atoms. The highest BCUT2D eigenvalue weighted by Gasteiger charge is 2.56. The third kappa shape index (κ3) is 4.01. The molecule has 0 saturated heterocycles. The molecule has 0 unspecified atom stereocenters. The third-order valence-corrected chi connectivity index (χ3v) is 14.6. The van der Waals surface area contributed by atoms with E-state index in [1.165, 1.54) is 112 Å². The van der Waals surface area contributed by atoms with Gasteiger partial charge in [0.2, 0.25) is 0 Å². The second kappa shape index (κ2) is 10.8. The fourth-order valence-corrected chi connectivity index (χ4v) is 11.9. The number of nitrogens with zero attached hydrogens (tertiary/aromatic N) is 2. The highest BCUT2D eigenvalue weighted by Crippen LogP contribution is 2.65. The van der Waals surface area contributed by atoms with Crippen molar-refractivity contribution in [3.05, 3.63) is 184 Å². The highest BCUT2D eigenvalue weighted by atomic mass is 15.2. The first-order valence-corrected chi connectivity index (χ1v) is 21.2. The van der Waals surface area contributed by atoms with Gasteiger partial charge in [0.1, 0.15) is 0 Å². The second-order valence-electron chi connectivity index (χ2n) is 20.2. The Balaban J connectivity index is 1.22. The molecule has 7 aromatic carbocycles. The van der Waals surface area contributed by atoms with Gasteiger partial charge in [0.15, 0.2) is 0 Å². The van der Waals surface area contributed by atoms with Gasteiger partial charge in [-0.1, -0.05) is 165 Å². The average molecular weight is 749 g/mol. The molecule has 1 spiro atoms. The molecule has 12 rings (SSSR count). The van der Waals surface area contributed by atoms with Crippen molar-refractivity contribution in [1.29, 1.82) is 0 Å². The average Bonchev–Trinajstić information content (AvgIpc) is 3.48. The predicted octanol–water partition coefficient (Wildman–Crippen LogP) is 12.0. The lowest BCUT2D eigenvalue weighted by Crippen LogP contribution is -2.63. The normalized spacial score (nSPS) is 16.5. The molecule has 0 saturated carbocycles. The molecule has 4 aliphatic heterocycles. The van der Waals surface area contributed by atoms with Gasteiger partial charge in [-0.2, -0.15) is 0 Å². The van der Waals surface area contributed by atoms with Crippen molar-refractivity contribution < 1.29 is 0 Å². The Morgan fingerprint density at radius 2 is 0.914 bits per heavy atom. The number of rotatable bonds is 0. The summed E-state index contributed by atoms with van der Waals surface area (Å²) < 4.78 is 0. The number of aryl methyl sites for hydroxylation is 1. The third-order valence-electron chi connectivity index (χ3n) is 14.6. The molecular formula is C55H49BN2. The van der Waals surface area contributed by atoms with E-state index in [1.54, 1.807) is 0 Å². The standard InChI is InChI=1S/C55H49BN2/c1-32-28-47-49-48(29-32)58-46-23-13-11-17-40(46)55(37-26-24-33(52(2,3)4)30-35(37)36-31-34(53(5,6)7)25-27-38(36)55)42-19-15-21-44(51(42)58)56(49)43-20-14-18-41-50(43)57(47)45-22-12-10-16-39(45)54(41,8)9/h10-31H,1-9H3. The lowest BCUT2D eigenvalue weighted by atomic mass is 9.32. The molecule has 5 aliphatic rings. The van der Waals surface area contributed by atoms with Crippen LogP contribution in [0.2, 0.25) is 0 Å². The van der Waals surface area contributed by atoms with Crippen LogP contribution in [0.1, 0.15) is 105 Å². The van der Waals surface area contributed by atoms with E-state index in [4.69, 9.17) is 0 Å². The van der Waals surface area contributed by atoms with Crippen LogP contribution < -0.4 is 26.2 Å². The predicted molar refractivity (Wildman–Crippen MR) is 246 cm³/mol. The molecule has 0 amide bonds. The highest BCUT2D eigenvalue weighted by molar-refractivity contribution is 7.00. The summed E-state index contributed by atoms with van der Waals surface area (Å²) in [5.74, 6) is 0. The van der Waals surface area contributed by atoms with Gasteiger partial charge < -0.3 is 9.80 Å². The van der Waals surface area contributed by atoms with Gasteiger partial charge in [-0.05, 0) is 120 Å². The van der Waals surface area contributed by atoms with E-state index in [9.17, 15) is 0 Å². The maximum atomic E-state index is 2.66. The molecule has 0 atom stereocenters. The Bertz CT molecular complexity index is 2920. The quantitative estimate of drug-likeness (QED) is 0.143. The second-order valence-corrected chi connectivity index (χ2v) is 20.2. The summed E-state index contributed by atoms with van der Waals surface area (Å²) in [7, 11) is 0. The van der Waals surface area contributed by atoms with E-state index in [0.29, 0.717) is 0 Å². The van der Waals surface area contributed by atoms with Crippen LogP contribution in [0.4, 0.5) is 34.1 Å². The Morgan fingerprint density at radius 1 is 0.448 bits per heavy atom. The minimum absolute atomic E-state index is 0.0256. The van der Waals surface area contributed by atoms with Crippen molar-refractivity contribution in [3.63, 3.8) is 0 Å². The number of hydrogen-bond donors (Lipinski definition) is 0. The molecule has 4 heterocycles. The minimum Gasteiger partial charge on any atom is -0.311 e. The van der Waals surface area contributed by atoms with Crippen LogP contribution in [0.5, 0.6) is 0 Å². The fraction of sp³-hybridized carbons (Fsp3) is 0.236. The fourth-order valence-electron chi connectivity index (χ4n) is 11.9. The lowest BCUT2D eigenvalue weighted by Gasteiger charge is -2.52. The summed E-state index contributed by atoms with van der Waals surface area (Å²) in [6.45, 7) is 21.2. The van der Waals surface area contributed by atoms with Crippen LogP contribution in [-0.2, 0) is 21.7 Å². The van der Waals surface area contributed by atoms with Gasteiger partial charge >= 0.3 is 0 Å². The number of fused-ring (bicyclic) bond motifs is 15. The Morgan fingerprint density at radius 3 is 1.47 bits per heavy atom. The van der Waals surface area contributed by atoms with Gasteiger partial charge in [0, 0.05) is 28.2 Å². The molecular weight excluding hydrogens is 699 g/mol. The first kappa shape index (κ1) is 34.3. The zero-order chi connectivity index (χ0) is 39.8. The Hall–Kier alpha value is -5.80. The molecule has 3 heteroatoms. The maximum Gasteiger partial charge on any atom is 0.252 e. The maximum absolute atomic E-state index is 2.66. The zero-order valence-electron chi connectivity index (χ0n) is 35.2. The number of benzene rings is 7. The first-order chi connectivity index (χ1) is 27.7. The van der Waals surface area contributed by atoms with Crippen LogP contribution >= 0.6 is 0 Å². The first-order valence-electron chi connectivity index (χ1n) is 21.2. The van der Waals surface area contributed by atoms with Gasteiger partial charge in [0.25, 0.3) is 6.71 Å². The van der Waals surface area contributed by atoms with Gasteiger partial charge in [-0.3, -0.25) is 0 Å². The topological polar surface area (TPSA) is 6.48 Å². The Kier molecular flexibility index (Phi) is 6.39. The van der Waals surface area contributed by atoms with Crippen molar-refractivity contribution in [2.75, 3.05) is 9.80 Å². The summed E-state index contributed by atoms with van der Waals surface area (Å²) >= 11 is 0.